The number of aromatic nitrogens is 1. The lowest BCUT2D eigenvalue weighted by atomic mass is 9.96. The average molecular weight is 398 g/mol. The first-order valence-electron chi connectivity index (χ1n) is 9.29. The molecule has 1 atom stereocenters. The van der Waals surface area contributed by atoms with Crippen molar-refractivity contribution in [1.82, 2.24) is 15.2 Å². The van der Waals surface area contributed by atoms with E-state index < -0.39 is 5.54 Å². The Labute approximate surface area is 167 Å². The number of hydrogen-bond donors (Lipinski definition) is 2. The van der Waals surface area contributed by atoms with Gasteiger partial charge in [-0.2, -0.15) is 0 Å². The number of urea groups is 1. The molecule has 28 heavy (non-hydrogen) atoms. The molecule has 0 bridgehead atoms. The number of thiazole rings is 1. The molecular weight excluding hydrogens is 376 g/mol. The highest BCUT2D eigenvalue weighted by Crippen LogP contribution is 2.42. The number of nitrogens with zero attached hydrogens (tertiary/aromatic N) is 2. The van der Waals surface area contributed by atoms with Gasteiger partial charge in [0.2, 0.25) is 5.91 Å². The molecule has 0 radical (unpaired) electrons. The molecule has 0 unspecified atom stereocenters. The predicted molar refractivity (Wildman–Crippen MR) is 106 cm³/mol. The first kappa shape index (κ1) is 18.6. The molecule has 1 aromatic carbocycles. The third kappa shape index (κ3) is 3.64. The molecule has 2 fully saturated rings. The van der Waals surface area contributed by atoms with Gasteiger partial charge in [-0.05, 0) is 44.7 Å². The van der Waals surface area contributed by atoms with Crippen LogP contribution < -0.4 is 10.6 Å². The van der Waals surface area contributed by atoms with Crippen LogP contribution in [0.25, 0.3) is 0 Å². The van der Waals surface area contributed by atoms with Crippen LogP contribution in [-0.4, -0.2) is 33.3 Å². The molecule has 1 saturated carbocycles. The molecule has 2 aromatic rings. The van der Waals surface area contributed by atoms with Gasteiger partial charge >= 0.3 is 6.03 Å². The van der Waals surface area contributed by atoms with Gasteiger partial charge in [-0.1, -0.05) is 17.7 Å². The van der Waals surface area contributed by atoms with Crippen molar-refractivity contribution in [3.8, 4) is 0 Å². The Morgan fingerprint density at radius 2 is 2.04 bits per heavy atom. The molecule has 4 amide bonds. The van der Waals surface area contributed by atoms with Gasteiger partial charge in [-0.3, -0.25) is 14.5 Å². The molecular formula is C20H22N4O3S. The van der Waals surface area contributed by atoms with E-state index in [0.717, 1.165) is 24.1 Å². The molecule has 2 aliphatic rings. The Balaban J connectivity index is 1.36. The van der Waals surface area contributed by atoms with Gasteiger partial charge in [-0.25, -0.2) is 9.78 Å². The Hall–Kier alpha value is -2.74. The number of nitrogens with one attached hydrogen (secondary N) is 2. The lowest BCUT2D eigenvalue weighted by Crippen LogP contribution is -2.46. The van der Waals surface area contributed by atoms with E-state index in [1.807, 2.05) is 31.2 Å². The SMILES string of the molecule is Cc1ccc(NC(=O)Cc2nc(CN3C(=O)N[C@](C)(C4CC4)C3=O)cs2)cc1. The summed E-state index contributed by atoms with van der Waals surface area (Å²) in [6, 6.07) is 7.21. The normalized spacial score (nSPS) is 21.7. The van der Waals surface area contributed by atoms with Gasteiger partial charge in [0.25, 0.3) is 5.91 Å². The first-order chi connectivity index (χ1) is 13.3. The topological polar surface area (TPSA) is 91.4 Å². The Morgan fingerprint density at radius 3 is 2.71 bits per heavy atom. The van der Waals surface area contributed by atoms with E-state index >= 15 is 0 Å². The molecule has 7 nitrogen and oxygen atoms in total. The highest BCUT2D eigenvalue weighted by Gasteiger charge is 2.55. The van der Waals surface area contributed by atoms with Crippen LogP contribution in [0.15, 0.2) is 29.6 Å². The van der Waals surface area contributed by atoms with Crippen LogP contribution >= 0.6 is 11.3 Å². The van der Waals surface area contributed by atoms with Gasteiger partial charge in [-0.15, -0.1) is 11.3 Å². The molecule has 1 aliphatic carbocycles. The summed E-state index contributed by atoms with van der Waals surface area (Å²) < 4.78 is 0. The van der Waals surface area contributed by atoms with Crippen molar-refractivity contribution in [3.05, 3.63) is 45.9 Å². The monoisotopic (exact) mass is 398 g/mol. The van der Waals surface area contributed by atoms with Crippen molar-refractivity contribution in [3.63, 3.8) is 0 Å². The van der Waals surface area contributed by atoms with Crippen LogP contribution in [0.2, 0.25) is 0 Å². The number of carbonyl (C=O) groups excluding carboxylic acids is 3. The first-order valence-corrected chi connectivity index (χ1v) is 10.2. The molecule has 8 heteroatoms. The molecule has 1 aliphatic heterocycles. The maximum absolute atomic E-state index is 12.7. The molecule has 4 rings (SSSR count). The Kier molecular flexibility index (Phi) is 4.66. The second-order valence-corrected chi connectivity index (χ2v) is 8.56. The quantitative estimate of drug-likeness (QED) is 0.732. The number of hydrogen-bond acceptors (Lipinski definition) is 5. The number of carbonyl (C=O) groups is 3. The summed E-state index contributed by atoms with van der Waals surface area (Å²) in [6.45, 7) is 3.91. The Morgan fingerprint density at radius 1 is 1.32 bits per heavy atom. The number of amides is 4. The number of anilines is 1. The fraction of sp³-hybridized carbons (Fsp3) is 0.400. The second kappa shape index (κ2) is 7.01. The third-order valence-electron chi connectivity index (χ3n) is 5.26. The minimum absolute atomic E-state index is 0.128. The summed E-state index contributed by atoms with van der Waals surface area (Å²) in [6.07, 6.45) is 2.08. The van der Waals surface area contributed by atoms with E-state index in [4.69, 9.17) is 0 Å². The van der Waals surface area contributed by atoms with Crippen LogP contribution in [0.3, 0.4) is 0 Å². The molecule has 2 heterocycles. The van der Waals surface area contributed by atoms with Crippen LogP contribution in [0, 0.1) is 12.8 Å². The maximum atomic E-state index is 12.7. The van der Waals surface area contributed by atoms with E-state index in [2.05, 4.69) is 15.6 Å². The van der Waals surface area contributed by atoms with Gasteiger partial charge < -0.3 is 10.6 Å². The van der Waals surface area contributed by atoms with Gasteiger partial charge in [0.05, 0.1) is 18.7 Å². The van der Waals surface area contributed by atoms with E-state index in [0.29, 0.717) is 10.7 Å². The van der Waals surface area contributed by atoms with Crippen molar-refractivity contribution < 1.29 is 14.4 Å². The second-order valence-electron chi connectivity index (χ2n) is 7.62. The van der Waals surface area contributed by atoms with E-state index in [-0.39, 0.29) is 36.7 Å². The summed E-state index contributed by atoms with van der Waals surface area (Å²) in [4.78, 5) is 42.8. The van der Waals surface area contributed by atoms with Gasteiger partial charge in [0.1, 0.15) is 10.5 Å². The molecule has 2 N–H and O–H groups in total. The van der Waals surface area contributed by atoms with Crippen molar-refractivity contribution in [1.29, 1.82) is 0 Å². The summed E-state index contributed by atoms with van der Waals surface area (Å²) >= 11 is 1.35. The standard InChI is InChI=1S/C20H22N4O3S/c1-12-3-7-14(8-4-12)21-16(25)9-17-22-15(11-28-17)10-24-18(26)20(2,13-5-6-13)23-19(24)27/h3-4,7-8,11,13H,5-6,9-10H2,1-2H3,(H,21,25)(H,23,27)/t20-/m1/s1. The van der Waals surface area contributed by atoms with Crippen LogP contribution in [0.1, 0.15) is 36.0 Å². The number of benzene rings is 1. The molecule has 1 aromatic heterocycles. The average Bonchev–Trinajstić information content (AvgIpc) is 3.38. The minimum atomic E-state index is -0.788. The van der Waals surface area contributed by atoms with E-state index in [9.17, 15) is 14.4 Å². The zero-order valence-corrected chi connectivity index (χ0v) is 16.6. The summed E-state index contributed by atoms with van der Waals surface area (Å²) in [5.74, 6) is -0.113. The van der Waals surface area contributed by atoms with Crippen molar-refractivity contribution in [2.45, 2.75) is 45.2 Å². The van der Waals surface area contributed by atoms with E-state index in [1.165, 1.54) is 16.2 Å². The zero-order chi connectivity index (χ0) is 19.9. The van der Waals surface area contributed by atoms with Crippen molar-refractivity contribution in [2.75, 3.05) is 5.32 Å². The van der Waals surface area contributed by atoms with Gasteiger partial charge in [0.15, 0.2) is 0 Å². The summed E-state index contributed by atoms with van der Waals surface area (Å²) in [5.41, 5.74) is 1.70. The lowest BCUT2D eigenvalue weighted by molar-refractivity contribution is -0.131. The van der Waals surface area contributed by atoms with Crippen molar-refractivity contribution in [2.24, 2.45) is 5.92 Å². The molecule has 1 saturated heterocycles. The predicted octanol–water partition coefficient (Wildman–Crippen LogP) is 2.85. The van der Waals surface area contributed by atoms with Crippen LogP contribution in [0.5, 0.6) is 0 Å². The van der Waals surface area contributed by atoms with Gasteiger partial charge in [0, 0.05) is 11.1 Å². The van der Waals surface area contributed by atoms with Crippen LogP contribution in [-0.2, 0) is 22.6 Å². The highest BCUT2D eigenvalue weighted by molar-refractivity contribution is 7.09. The van der Waals surface area contributed by atoms with E-state index in [1.54, 1.807) is 12.3 Å². The smallest absolute Gasteiger partial charge is 0.325 e. The number of rotatable bonds is 6. The maximum Gasteiger partial charge on any atom is 0.325 e. The summed E-state index contributed by atoms with van der Waals surface area (Å²) in [5, 5.41) is 8.12. The fourth-order valence-corrected chi connectivity index (χ4v) is 4.22. The minimum Gasteiger partial charge on any atom is -0.326 e. The molecule has 0 spiro atoms. The Bertz CT molecular complexity index is 935. The third-order valence-corrected chi connectivity index (χ3v) is 6.16. The number of imide groups is 1. The van der Waals surface area contributed by atoms with Crippen LogP contribution in [0.4, 0.5) is 10.5 Å². The lowest BCUT2D eigenvalue weighted by Gasteiger charge is -2.20. The zero-order valence-electron chi connectivity index (χ0n) is 15.8. The molecule has 146 valence electrons. The van der Waals surface area contributed by atoms with Crippen molar-refractivity contribution >= 4 is 34.9 Å². The number of aryl methyl sites for hydroxylation is 1. The highest BCUT2D eigenvalue weighted by atomic mass is 32.1. The summed E-state index contributed by atoms with van der Waals surface area (Å²) in [7, 11) is 0. The largest absolute Gasteiger partial charge is 0.326 e. The fourth-order valence-electron chi connectivity index (χ4n) is 3.44.